The third kappa shape index (κ3) is 2.97. The molecule has 1 nitrogen and oxygen atoms in total. The smallest absolute Gasteiger partial charge is 0.343 e. The third-order valence-electron chi connectivity index (χ3n) is 3.34. The monoisotopic (exact) mass is 353 g/mol. The Morgan fingerprint density at radius 2 is 1.81 bits per heavy atom. The molecule has 3 aromatic rings. The molecule has 0 unspecified atom stereocenters. The summed E-state index contributed by atoms with van der Waals surface area (Å²) in [6.45, 7) is 0.412. The molecule has 0 aliphatic rings. The minimum Gasteiger partial charge on any atom is -0.343 e. The van der Waals surface area contributed by atoms with E-state index in [-0.39, 0.29) is 0 Å². The molecule has 0 fully saturated rings. The van der Waals surface area contributed by atoms with Crippen LogP contribution in [0.1, 0.15) is 11.1 Å². The van der Waals surface area contributed by atoms with Crippen LogP contribution in [-0.4, -0.2) is 4.57 Å². The van der Waals surface area contributed by atoms with Crippen molar-refractivity contribution in [3.63, 3.8) is 0 Å². The molecule has 108 valence electrons. The van der Waals surface area contributed by atoms with Crippen LogP contribution >= 0.6 is 15.9 Å². The Morgan fingerprint density at radius 1 is 1.00 bits per heavy atom. The van der Waals surface area contributed by atoms with E-state index >= 15 is 0 Å². The van der Waals surface area contributed by atoms with Gasteiger partial charge in [0.1, 0.15) is 0 Å². The number of nitrogens with zero attached hydrogens (tertiary/aromatic N) is 1. The van der Waals surface area contributed by atoms with Gasteiger partial charge in [0, 0.05) is 28.1 Å². The van der Waals surface area contributed by atoms with Gasteiger partial charge in [0.2, 0.25) is 0 Å². The zero-order chi connectivity index (χ0) is 15.0. The van der Waals surface area contributed by atoms with Crippen LogP contribution in [0.2, 0.25) is 0 Å². The average Bonchev–Trinajstić information content (AvgIpc) is 2.80. The summed E-state index contributed by atoms with van der Waals surface area (Å²) in [6, 6.07) is 13.3. The summed E-state index contributed by atoms with van der Waals surface area (Å²) in [6.07, 6.45) is -2.42. The summed E-state index contributed by atoms with van der Waals surface area (Å²) < 4.78 is 41.1. The fourth-order valence-electron chi connectivity index (χ4n) is 2.35. The first kappa shape index (κ1) is 14.2. The summed E-state index contributed by atoms with van der Waals surface area (Å²) in [7, 11) is 0. The highest BCUT2D eigenvalue weighted by molar-refractivity contribution is 9.10. The van der Waals surface area contributed by atoms with Crippen molar-refractivity contribution >= 4 is 26.8 Å². The van der Waals surface area contributed by atoms with E-state index < -0.39 is 11.7 Å². The van der Waals surface area contributed by atoms with Crippen molar-refractivity contribution in [3.8, 4) is 0 Å². The van der Waals surface area contributed by atoms with Crippen LogP contribution in [0, 0.1) is 0 Å². The van der Waals surface area contributed by atoms with Crippen molar-refractivity contribution in [2.75, 3.05) is 0 Å². The Hall–Kier alpha value is -1.75. The molecule has 0 amide bonds. The van der Waals surface area contributed by atoms with Gasteiger partial charge in [0.05, 0.1) is 5.56 Å². The number of halogens is 4. The van der Waals surface area contributed by atoms with E-state index in [1.807, 2.05) is 35.0 Å². The molecule has 0 radical (unpaired) electrons. The maximum absolute atomic E-state index is 12.7. The molecule has 5 heteroatoms. The molecular formula is C16H11BrF3N. The van der Waals surface area contributed by atoms with Gasteiger partial charge in [-0.2, -0.15) is 13.2 Å². The Balaban J connectivity index is 1.95. The largest absolute Gasteiger partial charge is 0.416 e. The summed E-state index contributed by atoms with van der Waals surface area (Å²) >= 11 is 3.41. The summed E-state index contributed by atoms with van der Waals surface area (Å²) in [5.74, 6) is 0. The minimum atomic E-state index is -4.31. The molecule has 0 saturated carbocycles. The molecule has 0 saturated heterocycles. The standard InChI is InChI=1S/C16H11BrF3N/c17-14-4-5-15-12(9-14)6-7-21(15)10-11-2-1-3-13(8-11)16(18,19)20/h1-9H,10H2. The van der Waals surface area contributed by atoms with Gasteiger partial charge in [0.25, 0.3) is 0 Å². The fourth-order valence-corrected chi connectivity index (χ4v) is 2.73. The van der Waals surface area contributed by atoms with Crippen LogP contribution in [-0.2, 0) is 12.7 Å². The van der Waals surface area contributed by atoms with E-state index in [9.17, 15) is 13.2 Å². The van der Waals surface area contributed by atoms with Crippen molar-refractivity contribution in [1.82, 2.24) is 4.57 Å². The molecule has 0 bridgehead atoms. The molecule has 2 aromatic carbocycles. The van der Waals surface area contributed by atoms with E-state index in [4.69, 9.17) is 0 Å². The highest BCUT2D eigenvalue weighted by Crippen LogP contribution is 2.30. The van der Waals surface area contributed by atoms with Gasteiger partial charge in [-0.05, 0) is 42.0 Å². The van der Waals surface area contributed by atoms with Crippen LogP contribution in [0.15, 0.2) is 59.2 Å². The summed E-state index contributed by atoms with van der Waals surface area (Å²) in [5.41, 5.74) is 1.01. The molecule has 0 N–H and O–H groups in total. The number of hydrogen-bond donors (Lipinski definition) is 0. The van der Waals surface area contributed by atoms with E-state index in [2.05, 4.69) is 15.9 Å². The maximum atomic E-state index is 12.7. The molecule has 0 aliphatic carbocycles. The van der Waals surface area contributed by atoms with Crippen molar-refractivity contribution in [3.05, 3.63) is 70.3 Å². The quantitative estimate of drug-likeness (QED) is 0.575. The zero-order valence-electron chi connectivity index (χ0n) is 10.9. The van der Waals surface area contributed by atoms with Crippen molar-refractivity contribution < 1.29 is 13.2 Å². The van der Waals surface area contributed by atoms with Gasteiger partial charge < -0.3 is 4.57 Å². The third-order valence-corrected chi connectivity index (χ3v) is 3.83. The first-order valence-corrected chi connectivity index (χ1v) is 7.13. The normalized spacial score (nSPS) is 12.0. The highest BCUT2D eigenvalue weighted by atomic mass is 79.9. The SMILES string of the molecule is FC(F)(F)c1cccc(Cn2ccc3cc(Br)ccc32)c1. The lowest BCUT2D eigenvalue weighted by atomic mass is 10.1. The number of benzene rings is 2. The van der Waals surface area contributed by atoms with Crippen LogP contribution in [0.5, 0.6) is 0 Å². The first-order valence-electron chi connectivity index (χ1n) is 6.34. The molecule has 3 rings (SSSR count). The lowest BCUT2D eigenvalue weighted by molar-refractivity contribution is -0.137. The van der Waals surface area contributed by atoms with Crippen LogP contribution < -0.4 is 0 Å². The molecule has 1 aromatic heterocycles. The molecule has 0 aliphatic heterocycles. The van der Waals surface area contributed by atoms with Gasteiger partial charge >= 0.3 is 6.18 Å². The zero-order valence-corrected chi connectivity index (χ0v) is 12.4. The summed E-state index contributed by atoms with van der Waals surface area (Å²) in [5, 5.41) is 1.05. The Morgan fingerprint density at radius 3 is 2.57 bits per heavy atom. The topological polar surface area (TPSA) is 4.93 Å². The average molecular weight is 354 g/mol. The van der Waals surface area contributed by atoms with Crippen molar-refractivity contribution in [2.45, 2.75) is 12.7 Å². The predicted molar refractivity (Wildman–Crippen MR) is 80.2 cm³/mol. The van der Waals surface area contributed by atoms with Gasteiger partial charge in [-0.25, -0.2) is 0 Å². The molecule has 0 spiro atoms. The summed E-state index contributed by atoms with van der Waals surface area (Å²) in [4.78, 5) is 0. The van der Waals surface area contributed by atoms with Crippen LogP contribution in [0.3, 0.4) is 0 Å². The lowest BCUT2D eigenvalue weighted by Gasteiger charge is -2.10. The fraction of sp³-hybridized carbons (Fsp3) is 0.125. The predicted octanol–water partition coefficient (Wildman–Crippen LogP) is 5.47. The second-order valence-corrected chi connectivity index (χ2v) is 5.76. The van der Waals surface area contributed by atoms with Crippen LogP contribution in [0.25, 0.3) is 10.9 Å². The van der Waals surface area contributed by atoms with Gasteiger partial charge in [0.15, 0.2) is 0 Å². The minimum absolute atomic E-state index is 0.412. The first-order chi connectivity index (χ1) is 9.93. The van der Waals surface area contributed by atoms with E-state index in [1.54, 1.807) is 6.07 Å². The number of aromatic nitrogens is 1. The Labute approximate surface area is 128 Å². The van der Waals surface area contributed by atoms with Crippen LogP contribution in [0.4, 0.5) is 13.2 Å². The number of rotatable bonds is 2. The van der Waals surface area contributed by atoms with Gasteiger partial charge in [-0.3, -0.25) is 0 Å². The van der Waals surface area contributed by atoms with Gasteiger partial charge in [-0.1, -0.05) is 28.1 Å². The highest BCUT2D eigenvalue weighted by Gasteiger charge is 2.30. The molecule has 1 heterocycles. The number of hydrogen-bond acceptors (Lipinski definition) is 0. The van der Waals surface area contributed by atoms with Gasteiger partial charge in [-0.15, -0.1) is 0 Å². The van der Waals surface area contributed by atoms with Crippen molar-refractivity contribution in [2.24, 2.45) is 0 Å². The lowest BCUT2D eigenvalue weighted by Crippen LogP contribution is -2.06. The van der Waals surface area contributed by atoms with E-state index in [1.165, 1.54) is 12.1 Å². The van der Waals surface area contributed by atoms with E-state index in [0.717, 1.165) is 21.4 Å². The molecule has 21 heavy (non-hydrogen) atoms. The maximum Gasteiger partial charge on any atom is 0.416 e. The Bertz CT molecular complexity index is 790. The molecule has 0 atom stereocenters. The Kier molecular flexibility index (Phi) is 3.53. The van der Waals surface area contributed by atoms with E-state index in [0.29, 0.717) is 12.1 Å². The second-order valence-electron chi connectivity index (χ2n) is 4.84. The van der Waals surface area contributed by atoms with Crippen molar-refractivity contribution in [1.29, 1.82) is 0 Å². The number of alkyl halides is 3. The second kappa shape index (κ2) is 5.22. The molecular weight excluding hydrogens is 343 g/mol. The number of fused-ring (bicyclic) bond motifs is 1.